The SMILES string of the molecule is CCCC1CCN(C(=O)C2CCCNC2C)C1. The van der Waals surface area contributed by atoms with Crippen LogP contribution in [0.2, 0.25) is 0 Å². The van der Waals surface area contributed by atoms with Crippen LogP contribution < -0.4 is 5.32 Å². The van der Waals surface area contributed by atoms with E-state index in [9.17, 15) is 4.79 Å². The third kappa shape index (κ3) is 3.01. The van der Waals surface area contributed by atoms with Crippen molar-refractivity contribution in [2.45, 2.75) is 52.0 Å². The molecule has 2 aliphatic heterocycles. The van der Waals surface area contributed by atoms with Crippen LogP contribution in [0.15, 0.2) is 0 Å². The number of nitrogens with one attached hydrogen (secondary N) is 1. The number of hydrogen-bond acceptors (Lipinski definition) is 2. The van der Waals surface area contributed by atoms with Crippen molar-refractivity contribution in [1.82, 2.24) is 10.2 Å². The Hall–Kier alpha value is -0.570. The zero-order chi connectivity index (χ0) is 12.3. The number of hydrogen-bond donors (Lipinski definition) is 1. The molecule has 0 aromatic rings. The number of amides is 1. The highest BCUT2D eigenvalue weighted by Gasteiger charge is 2.34. The highest BCUT2D eigenvalue weighted by Crippen LogP contribution is 2.25. The van der Waals surface area contributed by atoms with Gasteiger partial charge in [0, 0.05) is 19.1 Å². The number of carbonyl (C=O) groups excluding carboxylic acids is 1. The first kappa shape index (κ1) is 12.9. The van der Waals surface area contributed by atoms with Crippen molar-refractivity contribution in [1.29, 1.82) is 0 Å². The zero-order valence-corrected chi connectivity index (χ0v) is 11.2. The summed E-state index contributed by atoms with van der Waals surface area (Å²) in [5, 5.41) is 3.43. The van der Waals surface area contributed by atoms with Gasteiger partial charge in [-0.25, -0.2) is 0 Å². The minimum Gasteiger partial charge on any atom is -0.342 e. The summed E-state index contributed by atoms with van der Waals surface area (Å²) in [7, 11) is 0. The van der Waals surface area contributed by atoms with Crippen molar-refractivity contribution >= 4 is 5.91 Å². The van der Waals surface area contributed by atoms with Crippen LogP contribution in [-0.4, -0.2) is 36.5 Å². The van der Waals surface area contributed by atoms with Gasteiger partial charge in [0.1, 0.15) is 0 Å². The van der Waals surface area contributed by atoms with E-state index in [1.807, 2.05) is 0 Å². The molecule has 0 spiro atoms. The van der Waals surface area contributed by atoms with Crippen molar-refractivity contribution < 1.29 is 4.79 Å². The molecule has 2 saturated heterocycles. The molecule has 1 N–H and O–H groups in total. The third-order valence-electron chi connectivity index (χ3n) is 4.37. The van der Waals surface area contributed by atoms with Gasteiger partial charge >= 0.3 is 0 Å². The second-order valence-corrected chi connectivity index (χ2v) is 5.72. The molecular weight excluding hydrogens is 212 g/mol. The van der Waals surface area contributed by atoms with Crippen LogP contribution in [0, 0.1) is 11.8 Å². The molecule has 3 heteroatoms. The molecule has 17 heavy (non-hydrogen) atoms. The first-order valence-electron chi connectivity index (χ1n) is 7.24. The Morgan fingerprint density at radius 2 is 2.24 bits per heavy atom. The van der Waals surface area contributed by atoms with Gasteiger partial charge in [-0.3, -0.25) is 4.79 Å². The van der Waals surface area contributed by atoms with Gasteiger partial charge in [0.25, 0.3) is 0 Å². The normalized spacial score (nSPS) is 34.0. The molecule has 0 aromatic heterocycles. The van der Waals surface area contributed by atoms with E-state index in [1.165, 1.54) is 19.3 Å². The second kappa shape index (κ2) is 5.85. The summed E-state index contributed by atoms with van der Waals surface area (Å²) in [5.41, 5.74) is 0. The predicted octanol–water partition coefficient (Wildman–Crippen LogP) is 2.02. The van der Waals surface area contributed by atoms with Crippen molar-refractivity contribution in [3.63, 3.8) is 0 Å². The zero-order valence-electron chi connectivity index (χ0n) is 11.2. The number of nitrogens with zero attached hydrogens (tertiary/aromatic N) is 1. The Bertz CT molecular complexity index is 267. The van der Waals surface area contributed by atoms with Crippen molar-refractivity contribution in [3.8, 4) is 0 Å². The lowest BCUT2D eigenvalue weighted by atomic mass is 9.91. The highest BCUT2D eigenvalue weighted by molar-refractivity contribution is 5.80. The minimum absolute atomic E-state index is 0.226. The van der Waals surface area contributed by atoms with E-state index in [4.69, 9.17) is 0 Å². The Morgan fingerprint density at radius 3 is 2.94 bits per heavy atom. The number of piperidine rings is 1. The van der Waals surface area contributed by atoms with E-state index in [0.29, 0.717) is 11.9 Å². The van der Waals surface area contributed by atoms with E-state index in [1.54, 1.807) is 0 Å². The van der Waals surface area contributed by atoms with Crippen LogP contribution in [0.25, 0.3) is 0 Å². The molecule has 2 fully saturated rings. The monoisotopic (exact) mass is 238 g/mol. The van der Waals surface area contributed by atoms with Crippen molar-refractivity contribution in [3.05, 3.63) is 0 Å². The van der Waals surface area contributed by atoms with Gasteiger partial charge in [-0.2, -0.15) is 0 Å². The lowest BCUT2D eigenvalue weighted by molar-refractivity contribution is -0.136. The van der Waals surface area contributed by atoms with Crippen molar-refractivity contribution in [2.24, 2.45) is 11.8 Å². The molecule has 3 unspecified atom stereocenters. The van der Waals surface area contributed by atoms with Crippen molar-refractivity contribution in [2.75, 3.05) is 19.6 Å². The number of likely N-dealkylation sites (tertiary alicyclic amines) is 1. The second-order valence-electron chi connectivity index (χ2n) is 5.72. The molecule has 2 aliphatic rings. The van der Waals surface area contributed by atoms with Gasteiger partial charge in [-0.15, -0.1) is 0 Å². The maximum Gasteiger partial charge on any atom is 0.227 e. The molecule has 0 aromatic carbocycles. The van der Waals surface area contributed by atoms with Gasteiger partial charge < -0.3 is 10.2 Å². The van der Waals surface area contributed by atoms with Gasteiger partial charge in [0.15, 0.2) is 0 Å². The van der Waals surface area contributed by atoms with Crippen LogP contribution in [0.5, 0.6) is 0 Å². The Balaban J connectivity index is 1.87. The number of carbonyl (C=O) groups is 1. The quantitative estimate of drug-likeness (QED) is 0.816. The molecule has 98 valence electrons. The molecule has 0 bridgehead atoms. The lowest BCUT2D eigenvalue weighted by Gasteiger charge is -2.32. The highest BCUT2D eigenvalue weighted by atomic mass is 16.2. The Labute approximate surface area is 105 Å². The first-order valence-corrected chi connectivity index (χ1v) is 7.24. The topological polar surface area (TPSA) is 32.3 Å². The summed E-state index contributed by atoms with van der Waals surface area (Å²) < 4.78 is 0. The third-order valence-corrected chi connectivity index (χ3v) is 4.37. The molecule has 1 amide bonds. The Kier molecular flexibility index (Phi) is 4.43. The van der Waals surface area contributed by atoms with Gasteiger partial charge in [-0.1, -0.05) is 13.3 Å². The molecule has 2 rings (SSSR count). The fraction of sp³-hybridized carbons (Fsp3) is 0.929. The largest absolute Gasteiger partial charge is 0.342 e. The van der Waals surface area contributed by atoms with E-state index in [0.717, 1.165) is 38.4 Å². The molecule has 0 radical (unpaired) electrons. The molecule has 2 heterocycles. The van der Waals surface area contributed by atoms with Gasteiger partial charge in [0.2, 0.25) is 5.91 Å². The van der Waals surface area contributed by atoms with Gasteiger partial charge in [-0.05, 0) is 45.1 Å². The van der Waals surface area contributed by atoms with Crippen LogP contribution >= 0.6 is 0 Å². The smallest absolute Gasteiger partial charge is 0.227 e. The summed E-state index contributed by atoms with van der Waals surface area (Å²) in [4.78, 5) is 14.6. The summed E-state index contributed by atoms with van der Waals surface area (Å²) in [6.07, 6.45) is 5.96. The average molecular weight is 238 g/mol. The van der Waals surface area contributed by atoms with E-state index < -0.39 is 0 Å². The van der Waals surface area contributed by atoms with E-state index >= 15 is 0 Å². The van der Waals surface area contributed by atoms with Crippen LogP contribution in [0.3, 0.4) is 0 Å². The average Bonchev–Trinajstić information content (AvgIpc) is 2.78. The number of rotatable bonds is 3. The summed E-state index contributed by atoms with van der Waals surface area (Å²) in [5.74, 6) is 1.39. The maximum atomic E-state index is 12.4. The van der Waals surface area contributed by atoms with E-state index in [-0.39, 0.29) is 5.92 Å². The Morgan fingerprint density at radius 1 is 1.41 bits per heavy atom. The minimum atomic E-state index is 0.226. The van der Waals surface area contributed by atoms with Gasteiger partial charge in [0.05, 0.1) is 5.92 Å². The molecule has 0 aliphatic carbocycles. The fourth-order valence-electron chi connectivity index (χ4n) is 3.29. The van der Waals surface area contributed by atoms with Crippen LogP contribution in [0.4, 0.5) is 0 Å². The van der Waals surface area contributed by atoms with E-state index in [2.05, 4.69) is 24.1 Å². The van der Waals surface area contributed by atoms with Crippen LogP contribution in [0.1, 0.15) is 46.0 Å². The van der Waals surface area contributed by atoms with Crippen LogP contribution in [-0.2, 0) is 4.79 Å². The lowest BCUT2D eigenvalue weighted by Crippen LogP contribution is -2.47. The molecule has 0 saturated carbocycles. The fourth-order valence-corrected chi connectivity index (χ4v) is 3.29. The predicted molar refractivity (Wildman–Crippen MR) is 69.8 cm³/mol. The maximum absolute atomic E-state index is 12.4. The first-order chi connectivity index (χ1) is 8.22. The molecule has 3 nitrogen and oxygen atoms in total. The summed E-state index contributed by atoms with van der Waals surface area (Å²) in [6.45, 7) is 7.46. The standard InChI is InChI=1S/C14H26N2O/c1-3-5-12-7-9-16(10-12)14(17)13-6-4-8-15-11(13)2/h11-13,15H,3-10H2,1-2H3. The summed E-state index contributed by atoms with van der Waals surface area (Å²) >= 11 is 0. The molecular formula is C14H26N2O. The molecule has 3 atom stereocenters. The summed E-state index contributed by atoms with van der Waals surface area (Å²) in [6, 6.07) is 0.362.